The van der Waals surface area contributed by atoms with Crippen LogP contribution in [0.5, 0.6) is 0 Å². The lowest BCUT2D eigenvalue weighted by atomic mass is 9.82. The van der Waals surface area contributed by atoms with Gasteiger partial charge in [-0.25, -0.2) is 0 Å². The summed E-state index contributed by atoms with van der Waals surface area (Å²) in [5, 5.41) is 17.6. The van der Waals surface area contributed by atoms with Gasteiger partial charge in [-0.1, -0.05) is 18.0 Å². The van der Waals surface area contributed by atoms with E-state index in [1.807, 2.05) is 7.05 Å². The third kappa shape index (κ3) is 2.65. The van der Waals surface area contributed by atoms with Gasteiger partial charge in [0.05, 0.1) is 6.20 Å². The number of aromatic nitrogens is 5. The Labute approximate surface area is 111 Å². The van der Waals surface area contributed by atoms with Crippen molar-refractivity contribution in [2.45, 2.75) is 38.1 Å². The molecule has 2 aromatic heterocycles. The van der Waals surface area contributed by atoms with Crippen molar-refractivity contribution in [1.82, 2.24) is 30.9 Å². The van der Waals surface area contributed by atoms with Crippen molar-refractivity contribution in [2.24, 2.45) is 5.92 Å². The quantitative estimate of drug-likeness (QED) is 0.859. The van der Waals surface area contributed by atoms with Crippen LogP contribution in [0.15, 0.2) is 10.7 Å². The van der Waals surface area contributed by atoms with Gasteiger partial charge in [0.1, 0.15) is 0 Å². The fraction of sp³-hybridized carbons (Fsp3) is 0.667. The Morgan fingerprint density at radius 2 is 2.32 bits per heavy atom. The van der Waals surface area contributed by atoms with Crippen molar-refractivity contribution < 1.29 is 4.52 Å². The van der Waals surface area contributed by atoms with Crippen LogP contribution in [0.25, 0.3) is 11.5 Å². The van der Waals surface area contributed by atoms with Crippen molar-refractivity contribution >= 4 is 0 Å². The lowest BCUT2D eigenvalue weighted by Gasteiger charge is -2.30. The number of rotatable bonds is 4. The Kier molecular flexibility index (Phi) is 3.54. The van der Waals surface area contributed by atoms with Gasteiger partial charge >= 0.3 is 0 Å². The van der Waals surface area contributed by atoms with E-state index in [4.69, 9.17) is 4.52 Å². The van der Waals surface area contributed by atoms with Crippen molar-refractivity contribution in [3.8, 4) is 11.5 Å². The minimum Gasteiger partial charge on any atom is -0.339 e. The van der Waals surface area contributed by atoms with E-state index in [9.17, 15) is 0 Å². The van der Waals surface area contributed by atoms with Crippen molar-refractivity contribution in [3.05, 3.63) is 12.1 Å². The number of hydrogen-bond donors (Lipinski definition) is 2. The van der Waals surface area contributed by atoms with Gasteiger partial charge in [-0.05, 0) is 25.8 Å². The average Bonchev–Trinajstić information content (AvgIpc) is 3.09. The molecule has 2 unspecified atom stereocenters. The first-order valence-corrected chi connectivity index (χ1v) is 6.73. The first-order valence-electron chi connectivity index (χ1n) is 6.73. The van der Waals surface area contributed by atoms with Gasteiger partial charge in [0.2, 0.25) is 11.7 Å². The molecule has 7 nitrogen and oxygen atoms in total. The summed E-state index contributed by atoms with van der Waals surface area (Å²) in [5.74, 6) is 1.76. The molecule has 1 aliphatic carbocycles. The van der Waals surface area contributed by atoms with Crippen molar-refractivity contribution in [1.29, 1.82) is 0 Å². The van der Waals surface area contributed by atoms with Crippen LogP contribution >= 0.6 is 0 Å². The second-order valence-corrected chi connectivity index (χ2v) is 5.01. The monoisotopic (exact) mass is 262 g/mol. The zero-order valence-electron chi connectivity index (χ0n) is 11.0. The molecule has 0 bridgehead atoms. The zero-order chi connectivity index (χ0) is 13.1. The molecule has 102 valence electrons. The second kappa shape index (κ2) is 5.48. The number of nitrogens with one attached hydrogen (secondary N) is 2. The number of H-pyrrole nitrogens is 1. The maximum atomic E-state index is 5.31. The summed E-state index contributed by atoms with van der Waals surface area (Å²) in [7, 11) is 2.03. The average molecular weight is 262 g/mol. The van der Waals surface area contributed by atoms with Crippen LogP contribution in [0, 0.1) is 5.92 Å². The molecule has 0 amide bonds. The van der Waals surface area contributed by atoms with Crippen LogP contribution < -0.4 is 5.32 Å². The molecule has 0 spiro atoms. The number of nitrogens with zero attached hydrogens (tertiary/aromatic N) is 4. The molecule has 1 saturated carbocycles. The molecular formula is C12H18N6O. The van der Waals surface area contributed by atoms with Crippen molar-refractivity contribution in [2.75, 3.05) is 7.05 Å². The molecule has 19 heavy (non-hydrogen) atoms. The highest BCUT2D eigenvalue weighted by Gasteiger charge is 2.26. The van der Waals surface area contributed by atoms with E-state index in [1.165, 1.54) is 25.7 Å². The highest BCUT2D eigenvalue weighted by atomic mass is 16.5. The maximum absolute atomic E-state index is 5.31. The summed E-state index contributed by atoms with van der Waals surface area (Å²) in [6.45, 7) is 0. The molecule has 7 heteroatoms. The molecule has 2 N–H and O–H groups in total. The summed E-state index contributed by atoms with van der Waals surface area (Å²) in [6.07, 6.45) is 7.45. The van der Waals surface area contributed by atoms with Gasteiger partial charge in [0.25, 0.3) is 0 Å². The van der Waals surface area contributed by atoms with E-state index in [0.717, 1.165) is 6.42 Å². The normalized spacial score (nSPS) is 23.6. The molecule has 2 aromatic rings. The Balaban J connectivity index is 1.69. The van der Waals surface area contributed by atoms with Crippen LogP contribution in [0.2, 0.25) is 0 Å². The Morgan fingerprint density at radius 1 is 1.42 bits per heavy atom. The highest BCUT2D eigenvalue weighted by Crippen LogP contribution is 2.27. The lowest BCUT2D eigenvalue weighted by molar-refractivity contribution is 0.248. The van der Waals surface area contributed by atoms with E-state index in [1.54, 1.807) is 6.20 Å². The number of aromatic amines is 1. The minimum atomic E-state index is 0.501. The van der Waals surface area contributed by atoms with E-state index in [-0.39, 0.29) is 0 Å². The van der Waals surface area contributed by atoms with Gasteiger partial charge in [-0.15, -0.1) is 0 Å². The summed E-state index contributed by atoms with van der Waals surface area (Å²) < 4.78 is 5.31. The van der Waals surface area contributed by atoms with Crippen LogP contribution in [0.3, 0.4) is 0 Å². The van der Waals surface area contributed by atoms with Crippen LogP contribution in [-0.2, 0) is 6.42 Å². The highest BCUT2D eigenvalue weighted by molar-refractivity contribution is 5.44. The fourth-order valence-electron chi connectivity index (χ4n) is 2.81. The van der Waals surface area contributed by atoms with Crippen LogP contribution in [-0.4, -0.2) is 38.6 Å². The van der Waals surface area contributed by atoms with E-state index >= 15 is 0 Å². The van der Waals surface area contributed by atoms with E-state index in [0.29, 0.717) is 29.4 Å². The summed E-state index contributed by atoms with van der Waals surface area (Å²) in [5.41, 5.74) is 0.615. The van der Waals surface area contributed by atoms with Gasteiger partial charge in [0, 0.05) is 12.5 Å². The number of hydrogen-bond acceptors (Lipinski definition) is 6. The third-order valence-corrected chi connectivity index (χ3v) is 3.83. The van der Waals surface area contributed by atoms with Gasteiger partial charge in [-0.2, -0.15) is 20.4 Å². The minimum absolute atomic E-state index is 0.501. The standard InChI is InChI=1S/C12H18N6O/c1-13-9-5-3-2-4-8(9)6-11-15-12(17-19-11)10-7-14-18-16-10/h7-9,13H,2-6H2,1H3,(H,14,16,18). The predicted molar refractivity (Wildman–Crippen MR) is 68.2 cm³/mol. The lowest BCUT2D eigenvalue weighted by Crippen LogP contribution is -2.37. The Hall–Kier alpha value is -1.76. The SMILES string of the molecule is CNC1CCCCC1Cc1nc(-c2cn[nH]n2)no1. The summed E-state index contributed by atoms with van der Waals surface area (Å²) in [4.78, 5) is 4.39. The first-order chi connectivity index (χ1) is 9.36. The van der Waals surface area contributed by atoms with Gasteiger partial charge < -0.3 is 9.84 Å². The molecule has 0 aliphatic heterocycles. The Morgan fingerprint density at radius 3 is 3.11 bits per heavy atom. The molecule has 0 saturated heterocycles. The molecule has 2 heterocycles. The molecule has 1 fully saturated rings. The van der Waals surface area contributed by atoms with Crippen LogP contribution in [0.1, 0.15) is 31.6 Å². The molecule has 2 atom stereocenters. The molecule has 1 aliphatic rings. The van der Waals surface area contributed by atoms with Crippen molar-refractivity contribution in [3.63, 3.8) is 0 Å². The van der Waals surface area contributed by atoms with Gasteiger partial charge in [-0.3, -0.25) is 0 Å². The molecule has 0 aromatic carbocycles. The molecular weight excluding hydrogens is 244 g/mol. The largest absolute Gasteiger partial charge is 0.339 e. The van der Waals surface area contributed by atoms with E-state index < -0.39 is 0 Å². The summed E-state index contributed by atoms with van der Waals surface area (Å²) >= 11 is 0. The summed E-state index contributed by atoms with van der Waals surface area (Å²) in [6, 6.07) is 0.552. The molecule has 0 radical (unpaired) electrons. The first kappa shape index (κ1) is 12.3. The third-order valence-electron chi connectivity index (χ3n) is 3.83. The van der Waals surface area contributed by atoms with Crippen LogP contribution in [0.4, 0.5) is 0 Å². The smallest absolute Gasteiger partial charge is 0.227 e. The predicted octanol–water partition coefficient (Wildman–Crippen LogP) is 1.18. The topological polar surface area (TPSA) is 92.5 Å². The molecule has 3 rings (SSSR count). The fourth-order valence-corrected chi connectivity index (χ4v) is 2.81. The van der Waals surface area contributed by atoms with Gasteiger partial charge in [0.15, 0.2) is 5.69 Å². The van der Waals surface area contributed by atoms with E-state index in [2.05, 4.69) is 30.9 Å². The second-order valence-electron chi connectivity index (χ2n) is 5.01. The Bertz CT molecular complexity index is 508. The maximum Gasteiger partial charge on any atom is 0.227 e. The zero-order valence-corrected chi connectivity index (χ0v) is 11.0.